The molecule has 0 radical (unpaired) electrons. The first-order chi connectivity index (χ1) is 13.8. The predicted molar refractivity (Wildman–Crippen MR) is 116 cm³/mol. The van der Waals surface area contributed by atoms with Crippen molar-refractivity contribution in [2.45, 2.75) is 82.0 Å². The third-order valence-corrected chi connectivity index (χ3v) is 8.11. The molecule has 0 saturated heterocycles. The topological polar surface area (TPSA) is 64.0 Å². The van der Waals surface area contributed by atoms with Gasteiger partial charge in [0.1, 0.15) is 5.82 Å². The van der Waals surface area contributed by atoms with E-state index >= 15 is 0 Å². The molecule has 4 rings (SSSR count). The van der Waals surface area contributed by atoms with Crippen molar-refractivity contribution in [1.82, 2.24) is 14.3 Å². The second-order valence-electron chi connectivity index (χ2n) is 9.57. The van der Waals surface area contributed by atoms with Crippen molar-refractivity contribution in [3.05, 3.63) is 38.9 Å². The molecule has 2 aliphatic rings. The number of hydrogen-bond donors (Lipinski definition) is 1. The fourth-order valence-electron chi connectivity index (χ4n) is 4.60. The number of nitrogens with one attached hydrogen (secondary N) is 1. The number of fused-ring (bicyclic) bond motifs is 3. The molecule has 0 amide bonds. The molecule has 30 heavy (non-hydrogen) atoms. The molecule has 1 N–H and O–H groups in total. The molecule has 3 atom stereocenters. The minimum Gasteiger partial charge on any atom is -0.296 e. The van der Waals surface area contributed by atoms with Gasteiger partial charge in [-0.05, 0) is 58.2 Å². The summed E-state index contributed by atoms with van der Waals surface area (Å²) in [5.74, 6) is -2.28. The van der Waals surface area contributed by atoms with Gasteiger partial charge in [0.05, 0.1) is 26.6 Å². The number of aromatic nitrogens is 2. The highest BCUT2D eigenvalue weighted by Gasteiger charge is 2.54. The van der Waals surface area contributed by atoms with Crippen molar-refractivity contribution in [2.24, 2.45) is 0 Å². The van der Waals surface area contributed by atoms with Crippen molar-refractivity contribution >= 4 is 33.5 Å². The van der Waals surface area contributed by atoms with E-state index in [0.717, 1.165) is 0 Å². The maximum absolute atomic E-state index is 14.1. The van der Waals surface area contributed by atoms with E-state index in [0.29, 0.717) is 46.7 Å². The van der Waals surface area contributed by atoms with Crippen LogP contribution in [0, 0.1) is 0 Å². The number of rotatable bonds is 3. The van der Waals surface area contributed by atoms with E-state index < -0.39 is 33.1 Å². The largest absolute Gasteiger partial charge is 0.296 e. The normalized spacial score (nSPS) is 25.0. The zero-order valence-corrected chi connectivity index (χ0v) is 19.1. The van der Waals surface area contributed by atoms with Crippen LogP contribution < -0.4 is 10.3 Å². The van der Waals surface area contributed by atoms with Gasteiger partial charge in [0.15, 0.2) is 0 Å². The van der Waals surface area contributed by atoms with Crippen molar-refractivity contribution in [3.8, 4) is 0 Å². The highest BCUT2D eigenvalue weighted by atomic mass is 35.5. The van der Waals surface area contributed by atoms with E-state index in [1.54, 1.807) is 12.1 Å². The lowest BCUT2D eigenvalue weighted by Crippen LogP contribution is -2.35. The molecule has 1 aromatic heterocycles. The van der Waals surface area contributed by atoms with E-state index in [1.807, 2.05) is 27.7 Å². The number of benzene rings is 1. The lowest BCUT2D eigenvalue weighted by Gasteiger charge is -2.25. The molecule has 2 heterocycles. The molecule has 1 unspecified atom stereocenters. The van der Waals surface area contributed by atoms with Gasteiger partial charge < -0.3 is 0 Å². The zero-order valence-electron chi connectivity index (χ0n) is 17.5. The van der Waals surface area contributed by atoms with Gasteiger partial charge in [-0.15, -0.1) is 0 Å². The Morgan fingerprint density at radius 3 is 2.57 bits per heavy atom. The first-order valence-corrected chi connectivity index (χ1v) is 11.7. The highest BCUT2D eigenvalue weighted by molar-refractivity contribution is 7.84. The summed E-state index contributed by atoms with van der Waals surface area (Å²) in [6.45, 7) is 7.80. The summed E-state index contributed by atoms with van der Waals surface area (Å²) < 4.78 is 44.9. The summed E-state index contributed by atoms with van der Waals surface area (Å²) in [7, 11) is -1.34. The third kappa shape index (κ3) is 3.60. The lowest BCUT2D eigenvalue weighted by atomic mass is 9.84. The monoisotopic (exact) mass is 457 g/mol. The molecule has 1 spiro atoms. The molecule has 1 fully saturated rings. The van der Waals surface area contributed by atoms with Crippen LogP contribution in [-0.4, -0.2) is 24.4 Å². The van der Waals surface area contributed by atoms with Crippen molar-refractivity contribution in [3.63, 3.8) is 0 Å². The highest BCUT2D eigenvalue weighted by Crippen LogP contribution is 2.52. The molecule has 5 nitrogen and oxygen atoms in total. The van der Waals surface area contributed by atoms with Gasteiger partial charge in [0.25, 0.3) is 5.56 Å². The third-order valence-electron chi connectivity index (χ3n) is 6.21. The minimum absolute atomic E-state index is 0.184. The van der Waals surface area contributed by atoms with Gasteiger partial charge in [-0.25, -0.2) is 22.7 Å². The summed E-state index contributed by atoms with van der Waals surface area (Å²) >= 11 is 6.30. The molecule has 9 heteroatoms. The average molecular weight is 458 g/mol. The van der Waals surface area contributed by atoms with Crippen molar-refractivity contribution in [2.75, 3.05) is 0 Å². The van der Waals surface area contributed by atoms with Gasteiger partial charge in [-0.1, -0.05) is 11.6 Å². The van der Waals surface area contributed by atoms with Gasteiger partial charge in [0, 0.05) is 35.9 Å². The molecule has 1 aliphatic carbocycles. The van der Waals surface area contributed by atoms with Crippen LogP contribution in [0.5, 0.6) is 0 Å². The molecule has 164 valence electrons. The number of hydrogen-bond acceptors (Lipinski definition) is 3. The van der Waals surface area contributed by atoms with E-state index in [2.05, 4.69) is 4.72 Å². The Labute approximate surface area is 181 Å². The van der Waals surface area contributed by atoms with Crippen molar-refractivity contribution < 1.29 is 13.0 Å². The van der Waals surface area contributed by atoms with Crippen LogP contribution in [0.1, 0.15) is 70.8 Å². The Balaban J connectivity index is 1.87. The molecule has 1 saturated carbocycles. The first kappa shape index (κ1) is 21.8. The maximum Gasteiger partial charge on any atom is 0.261 e. The summed E-state index contributed by atoms with van der Waals surface area (Å²) in [5.41, 5.74) is 0.0639. The fourth-order valence-corrected chi connectivity index (χ4v) is 5.62. The second-order valence-corrected chi connectivity index (χ2v) is 12.0. The van der Waals surface area contributed by atoms with Gasteiger partial charge in [-0.2, -0.15) is 0 Å². The SMILES string of the molecule is C[C@@H](N[S@](=O)C(C)(C)C)c1cc(Cl)cc2c(=O)n3c(nc12)C1(CC3)CCC(F)(F)C1. The van der Waals surface area contributed by atoms with Gasteiger partial charge in [-0.3, -0.25) is 9.36 Å². The molecule has 1 aliphatic heterocycles. The van der Waals surface area contributed by atoms with E-state index in [4.69, 9.17) is 16.6 Å². The molecule has 0 bridgehead atoms. The molecule has 1 aromatic carbocycles. The Morgan fingerprint density at radius 1 is 1.27 bits per heavy atom. The minimum atomic E-state index is -2.73. The summed E-state index contributed by atoms with van der Waals surface area (Å²) in [6, 6.07) is 2.88. The fraction of sp³-hybridized carbons (Fsp3) is 0.619. The van der Waals surface area contributed by atoms with Crippen LogP contribution in [0.15, 0.2) is 16.9 Å². The summed E-state index contributed by atoms with van der Waals surface area (Å²) in [6.07, 6.45) is 0.356. The average Bonchev–Trinajstić information content (AvgIpc) is 3.14. The van der Waals surface area contributed by atoms with E-state index in [9.17, 15) is 17.8 Å². The lowest BCUT2D eigenvalue weighted by molar-refractivity contribution is 0.00242. The Morgan fingerprint density at radius 2 is 1.97 bits per heavy atom. The van der Waals surface area contributed by atoms with Crippen LogP contribution in [-0.2, 0) is 22.9 Å². The van der Waals surface area contributed by atoms with E-state index in [1.165, 1.54) is 4.57 Å². The van der Waals surface area contributed by atoms with Gasteiger partial charge >= 0.3 is 0 Å². The number of alkyl halides is 2. The zero-order chi connectivity index (χ0) is 22.1. The van der Waals surface area contributed by atoms with Crippen LogP contribution in [0.3, 0.4) is 0 Å². The van der Waals surface area contributed by atoms with Crippen LogP contribution in [0.25, 0.3) is 10.9 Å². The van der Waals surface area contributed by atoms with E-state index in [-0.39, 0.29) is 18.4 Å². The van der Waals surface area contributed by atoms with Crippen LogP contribution in [0.2, 0.25) is 5.02 Å². The Bertz CT molecular complexity index is 1110. The van der Waals surface area contributed by atoms with Gasteiger partial charge in [0.2, 0.25) is 5.92 Å². The summed E-state index contributed by atoms with van der Waals surface area (Å²) in [4.78, 5) is 18.0. The molecular weight excluding hydrogens is 432 g/mol. The Hall–Kier alpha value is -1.38. The summed E-state index contributed by atoms with van der Waals surface area (Å²) in [5, 5.41) is 0.741. The molecular formula is C21H26ClF2N3O2S. The quantitative estimate of drug-likeness (QED) is 0.731. The van der Waals surface area contributed by atoms with Crippen molar-refractivity contribution in [1.29, 1.82) is 0 Å². The Kier molecular flexibility index (Phi) is 5.15. The predicted octanol–water partition coefficient (Wildman–Crippen LogP) is 4.62. The molecule has 2 aromatic rings. The maximum atomic E-state index is 14.1. The first-order valence-electron chi connectivity index (χ1n) is 10.1. The second kappa shape index (κ2) is 7.07. The van der Waals surface area contributed by atoms with Crippen LogP contribution >= 0.6 is 11.6 Å². The number of nitrogens with zero attached hydrogens (tertiary/aromatic N) is 2. The number of halogens is 3. The smallest absolute Gasteiger partial charge is 0.261 e. The standard InChI is InChI=1S/C21H26ClF2N3O2S/c1-12(26-30(29)19(2,3)4)14-9-13(22)10-15-16(14)25-18-20(5-6-21(23,24)11-20)7-8-27(18)17(15)28/h9-10,12,26H,5-8,11H2,1-4H3/t12-,20?,30-/m1/s1. The van der Waals surface area contributed by atoms with Crippen LogP contribution in [0.4, 0.5) is 8.78 Å².